The smallest absolute Gasteiger partial charge is 0.119 e. The van der Waals surface area contributed by atoms with Crippen LogP contribution in [0.25, 0.3) is 0 Å². The summed E-state index contributed by atoms with van der Waals surface area (Å²) in [6.07, 6.45) is 0. The van der Waals surface area contributed by atoms with Gasteiger partial charge in [-0.15, -0.1) is 24.8 Å². The molecule has 0 amide bonds. The van der Waals surface area contributed by atoms with Crippen molar-refractivity contribution in [3.8, 4) is 5.75 Å². The molecule has 2 heterocycles. The van der Waals surface area contributed by atoms with Crippen LogP contribution in [-0.2, 0) is 19.6 Å². The van der Waals surface area contributed by atoms with Gasteiger partial charge >= 0.3 is 0 Å². The van der Waals surface area contributed by atoms with Crippen molar-refractivity contribution in [1.29, 1.82) is 0 Å². The Bertz CT molecular complexity index is 631. The van der Waals surface area contributed by atoms with Crippen molar-refractivity contribution in [2.45, 2.75) is 33.5 Å². The first-order valence-electron chi connectivity index (χ1n) is 8.26. The maximum atomic E-state index is 5.88. The third-order valence-electron chi connectivity index (χ3n) is 4.09. The second-order valence-electron chi connectivity index (χ2n) is 6.44. The molecule has 140 valence electrons. The minimum atomic E-state index is 0. The Morgan fingerprint density at radius 3 is 2.56 bits per heavy atom. The molecule has 0 fully saturated rings. The number of aryl methyl sites for hydroxylation is 2. The van der Waals surface area contributed by atoms with Crippen molar-refractivity contribution in [3.05, 3.63) is 46.8 Å². The first-order valence-corrected chi connectivity index (χ1v) is 8.26. The highest BCUT2D eigenvalue weighted by atomic mass is 35.5. The molecule has 0 saturated heterocycles. The summed E-state index contributed by atoms with van der Waals surface area (Å²) in [5.74, 6) is 0.958. The number of likely N-dealkylation sites (N-methyl/N-ethyl adjacent to an activating group) is 1. The molecule has 0 radical (unpaired) electrons. The summed E-state index contributed by atoms with van der Waals surface area (Å²) < 4.78 is 8.00. The van der Waals surface area contributed by atoms with Crippen LogP contribution in [-0.4, -0.2) is 41.4 Å². The largest absolute Gasteiger partial charge is 0.492 e. The first-order chi connectivity index (χ1) is 11.1. The molecule has 1 aliphatic rings. The highest BCUT2D eigenvalue weighted by molar-refractivity contribution is 5.85. The number of aromatic nitrogens is 2. The fourth-order valence-electron chi connectivity index (χ4n) is 3.02. The molecular weight excluding hydrogens is 359 g/mol. The molecule has 1 aromatic carbocycles. The summed E-state index contributed by atoms with van der Waals surface area (Å²) in [6, 6.07) is 8.54. The molecule has 2 aromatic rings. The van der Waals surface area contributed by atoms with Crippen LogP contribution in [0.1, 0.15) is 22.5 Å². The fraction of sp³-hybridized carbons (Fsp3) is 0.500. The number of benzene rings is 1. The molecule has 1 aromatic heterocycles. The van der Waals surface area contributed by atoms with E-state index in [4.69, 9.17) is 4.74 Å². The summed E-state index contributed by atoms with van der Waals surface area (Å²) in [6.45, 7) is 9.52. The second kappa shape index (κ2) is 10.0. The minimum absolute atomic E-state index is 0. The van der Waals surface area contributed by atoms with Gasteiger partial charge in [0.05, 0.1) is 17.9 Å². The average Bonchev–Trinajstić information content (AvgIpc) is 2.88. The number of hydrogen-bond donors (Lipinski definition) is 1. The molecule has 5 nitrogen and oxygen atoms in total. The van der Waals surface area contributed by atoms with Gasteiger partial charge in [0.25, 0.3) is 0 Å². The topological polar surface area (TPSA) is 42.3 Å². The molecule has 0 bridgehead atoms. The van der Waals surface area contributed by atoms with E-state index >= 15 is 0 Å². The Balaban J connectivity index is 0.00000156. The predicted octanol–water partition coefficient (Wildman–Crippen LogP) is 2.96. The maximum Gasteiger partial charge on any atom is 0.119 e. The minimum Gasteiger partial charge on any atom is -0.492 e. The lowest BCUT2D eigenvalue weighted by Gasteiger charge is -2.16. The zero-order chi connectivity index (χ0) is 16.2. The van der Waals surface area contributed by atoms with E-state index in [1.165, 1.54) is 16.8 Å². The highest BCUT2D eigenvalue weighted by Gasteiger charge is 2.12. The van der Waals surface area contributed by atoms with Crippen molar-refractivity contribution in [2.75, 3.05) is 26.7 Å². The lowest BCUT2D eigenvalue weighted by atomic mass is 10.1. The molecule has 0 atom stereocenters. The van der Waals surface area contributed by atoms with E-state index in [9.17, 15) is 0 Å². The lowest BCUT2D eigenvalue weighted by molar-refractivity contribution is 0.231. The molecule has 0 aliphatic carbocycles. The maximum absolute atomic E-state index is 5.88. The van der Waals surface area contributed by atoms with E-state index in [1.807, 2.05) is 0 Å². The number of nitrogens with zero attached hydrogens (tertiary/aromatic N) is 3. The van der Waals surface area contributed by atoms with Crippen LogP contribution < -0.4 is 10.1 Å². The Hall–Kier alpha value is -1.27. The Morgan fingerprint density at radius 1 is 1.16 bits per heavy atom. The molecule has 7 heteroatoms. The van der Waals surface area contributed by atoms with Crippen LogP contribution in [0.3, 0.4) is 0 Å². The summed E-state index contributed by atoms with van der Waals surface area (Å²) in [5.41, 5.74) is 4.90. The molecule has 0 spiro atoms. The summed E-state index contributed by atoms with van der Waals surface area (Å²) in [4.78, 5) is 2.25. The number of rotatable bonds is 6. The molecule has 3 rings (SSSR count). The normalized spacial score (nSPS) is 13.0. The zero-order valence-corrected chi connectivity index (χ0v) is 16.8. The van der Waals surface area contributed by atoms with Gasteiger partial charge in [0, 0.05) is 26.2 Å². The molecule has 1 aliphatic heterocycles. The van der Waals surface area contributed by atoms with Gasteiger partial charge in [-0.2, -0.15) is 5.10 Å². The van der Waals surface area contributed by atoms with Gasteiger partial charge in [-0.25, -0.2) is 0 Å². The molecule has 0 saturated carbocycles. The van der Waals surface area contributed by atoms with Gasteiger partial charge in [0.15, 0.2) is 0 Å². The van der Waals surface area contributed by atoms with E-state index in [0.717, 1.165) is 44.2 Å². The first kappa shape index (κ1) is 21.8. The number of nitrogens with one attached hydrogen (secondary N) is 1. The molecule has 25 heavy (non-hydrogen) atoms. The monoisotopic (exact) mass is 386 g/mol. The van der Waals surface area contributed by atoms with Gasteiger partial charge in [-0.3, -0.25) is 9.58 Å². The van der Waals surface area contributed by atoms with Crippen LogP contribution in [0, 0.1) is 13.8 Å². The van der Waals surface area contributed by atoms with Gasteiger partial charge < -0.3 is 10.1 Å². The second-order valence-corrected chi connectivity index (χ2v) is 6.44. The number of hydrogen-bond acceptors (Lipinski definition) is 4. The van der Waals surface area contributed by atoms with Crippen molar-refractivity contribution in [2.24, 2.45) is 0 Å². The van der Waals surface area contributed by atoms with Gasteiger partial charge in [0.2, 0.25) is 0 Å². The SMILES string of the molecule is Cc1cc(C)cc(OCCN(C)Cc2cc3n(n2)CCNC3)c1.Cl.Cl. The Morgan fingerprint density at radius 2 is 1.88 bits per heavy atom. The molecule has 1 N–H and O–H groups in total. The van der Waals surface area contributed by atoms with Crippen molar-refractivity contribution in [1.82, 2.24) is 20.0 Å². The highest BCUT2D eigenvalue weighted by Crippen LogP contribution is 2.16. The zero-order valence-electron chi connectivity index (χ0n) is 15.1. The number of halogens is 2. The number of ether oxygens (including phenoxy) is 1. The number of fused-ring (bicyclic) bond motifs is 1. The lowest BCUT2D eigenvalue weighted by Crippen LogP contribution is -2.28. The van der Waals surface area contributed by atoms with Crippen LogP contribution in [0.5, 0.6) is 5.75 Å². The van der Waals surface area contributed by atoms with Crippen LogP contribution >= 0.6 is 24.8 Å². The fourth-order valence-corrected chi connectivity index (χ4v) is 3.02. The van der Waals surface area contributed by atoms with E-state index in [2.05, 4.69) is 65.2 Å². The molecular formula is C18H28Cl2N4O. The van der Waals surface area contributed by atoms with Crippen molar-refractivity contribution >= 4 is 24.8 Å². The van der Waals surface area contributed by atoms with E-state index < -0.39 is 0 Å². The Kier molecular flexibility index (Phi) is 8.73. The van der Waals surface area contributed by atoms with Gasteiger partial charge in [-0.05, 0) is 50.2 Å². The molecule has 0 unspecified atom stereocenters. The Labute approximate surface area is 162 Å². The summed E-state index contributed by atoms with van der Waals surface area (Å²) in [5, 5.41) is 8.05. The van der Waals surface area contributed by atoms with Crippen molar-refractivity contribution < 1.29 is 4.74 Å². The quantitative estimate of drug-likeness (QED) is 0.828. The van der Waals surface area contributed by atoms with E-state index in [1.54, 1.807) is 0 Å². The van der Waals surface area contributed by atoms with Gasteiger partial charge in [0.1, 0.15) is 12.4 Å². The summed E-state index contributed by atoms with van der Waals surface area (Å²) in [7, 11) is 2.11. The third kappa shape index (κ3) is 6.19. The average molecular weight is 387 g/mol. The van der Waals surface area contributed by atoms with Crippen molar-refractivity contribution in [3.63, 3.8) is 0 Å². The van der Waals surface area contributed by atoms with Gasteiger partial charge in [-0.1, -0.05) is 6.07 Å². The van der Waals surface area contributed by atoms with E-state index in [-0.39, 0.29) is 24.8 Å². The summed E-state index contributed by atoms with van der Waals surface area (Å²) >= 11 is 0. The van der Waals surface area contributed by atoms with Crippen LogP contribution in [0.2, 0.25) is 0 Å². The van der Waals surface area contributed by atoms with E-state index in [0.29, 0.717) is 6.61 Å². The predicted molar refractivity (Wildman–Crippen MR) is 106 cm³/mol. The van der Waals surface area contributed by atoms with Crippen LogP contribution in [0.4, 0.5) is 0 Å². The standard InChI is InChI=1S/C18H26N4O.2ClH/c1-14-8-15(2)10-18(9-14)23-7-6-21(3)13-16-11-17-12-19-4-5-22(17)20-16;;/h8-11,19H,4-7,12-13H2,1-3H3;2*1H. The third-order valence-corrected chi connectivity index (χ3v) is 4.09. The van der Waals surface area contributed by atoms with Crippen LogP contribution in [0.15, 0.2) is 24.3 Å².